The first kappa shape index (κ1) is 15.2. The largest absolute Gasteiger partial charge is 0.393 e. The summed E-state index contributed by atoms with van der Waals surface area (Å²) < 4.78 is 0. The summed E-state index contributed by atoms with van der Waals surface area (Å²) in [5, 5.41) is 13.6. The number of piperidine rings is 1. The van der Waals surface area contributed by atoms with Gasteiger partial charge in [0.2, 0.25) is 0 Å². The van der Waals surface area contributed by atoms with Gasteiger partial charge in [-0.05, 0) is 32.0 Å². The molecule has 2 rings (SSSR count). The fraction of sp³-hybridized carbons (Fsp3) is 0.500. The number of nitro benzene ring substituents is 1. The van der Waals surface area contributed by atoms with E-state index in [-0.39, 0.29) is 22.8 Å². The Kier molecular flexibility index (Phi) is 5.10. The third kappa shape index (κ3) is 3.91. The van der Waals surface area contributed by atoms with Crippen molar-refractivity contribution in [1.29, 1.82) is 0 Å². The smallest absolute Gasteiger partial charge is 0.292 e. The van der Waals surface area contributed by atoms with Crippen LogP contribution in [0.3, 0.4) is 0 Å². The quantitative estimate of drug-likeness (QED) is 0.485. The molecule has 1 fully saturated rings. The molecule has 0 unspecified atom stereocenters. The normalized spacial score (nSPS) is 15.6. The van der Waals surface area contributed by atoms with Gasteiger partial charge >= 0.3 is 0 Å². The second-order valence-electron chi connectivity index (χ2n) is 5.15. The number of nitrogens with one attached hydrogen (secondary N) is 1. The molecule has 1 aliphatic rings. The van der Waals surface area contributed by atoms with Gasteiger partial charge in [-0.15, -0.1) is 0 Å². The van der Waals surface area contributed by atoms with Crippen LogP contribution in [-0.2, 0) is 0 Å². The summed E-state index contributed by atoms with van der Waals surface area (Å²) in [4.78, 5) is 24.6. The Morgan fingerprint density at radius 3 is 2.71 bits per heavy atom. The van der Waals surface area contributed by atoms with Crippen molar-refractivity contribution in [3.8, 4) is 0 Å². The highest BCUT2D eigenvalue weighted by molar-refractivity contribution is 6.00. The molecule has 0 spiro atoms. The monoisotopic (exact) mass is 292 g/mol. The van der Waals surface area contributed by atoms with Crippen molar-refractivity contribution in [2.45, 2.75) is 19.3 Å². The van der Waals surface area contributed by atoms with E-state index >= 15 is 0 Å². The van der Waals surface area contributed by atoms with Crippen molar-refractivity contribution < 1.29 is 9.72 Å². The van der Waals surface area contributed by atoms with Crippen molar-refractivity contribution in [3.05, 3.63) is 33.9 Å². The maximum atomic E-state index is 12.0. The van der Waals surface area contributed by atoms with Gasteiger partial charge in [-0.25, -0.2) is 0 Å². The minimum Gasteiger partial charge on any atom is -0.393 e. The SMILES string of the molecule is Nc1c(C(=O)NCCN2CCCCC2)cccc1[N+](=O)[O-]. The molecule has 1 aliphatic heterocycles. The van der Waals surface area contributed by atoms with Gasteiger partial charge in [0.05, 0.1) is 10.5 Å². The molecule has 0 atom stereocenters. The van der Waals surface area contributed by atoms with E-state index in [0.717, 1.165) is 19.6 Å². The maximum absolute atomic E-state index is 12.0. The van der Waals surface area contributed by atoms with E-state index in [4.69, 9.17) is 5.73 Å². The molecule has 1 amide bonds. The van der Waals surface area contributed by atoms with Crippen LogP contribution in [0, 0.1) is 10.1 Å². The van der Waals surface area contributed by atoms with Gasteiger partial charge in [-0.3, -0.25) is 14.9 Å². The number of para-hydroxylation sites is 1. The van der Waals surface area contributed by atoms with Gasteiger partial charge in [-0.2, -0.15) is 0 Å². The fourth-order valence-electron chi connectivity index (χ4n) is 2.52. The Labute approximate surface area is 123 Å². The van der Waals surface area contributed by atoms with Crippen LogP contribution in [0.25, 0.3) is 0 Å². The zero-order valence-corrected chi connectivity index (χ0v) is 11.9. The number of amides is 1. The highest BCUT2D eigenvalue weighted by atomic mass is 16.6. The Bertz CT molecular complexity index is 527. The van der Waals surface area contributed by atoms with Crippen LogP contribution in [0.15, 0.2) is 18.2 Å². The number of hydrogen-bond donors (Lipinski definition) is 2. The number of anilines is 1. The van der Waals surface area contributed by atoms with E-state index in [2.05, 4.69) is 10.2 Å². The van der Waals surface area contributed by atoms with E-state index in [1.54, 1.807) is 0 Å². The molecule has 0 aliphatic carbocycles. The van der Waals surface area contributed by atoms with Crippen LogP contribution < -0.4 is 11.1 Å². The molecule has 114 valence electrons. The maximum Gasteiger partial charge on any atom is 0.292 e. The number of carbonyl (C=O) groups is 1. The molecule has 0 saturated carbocycles. The van der Waals surface area contributed by atoms with E-state index in [1.807, 2.05) is 0 Å². The van der Waals surface area contributed by atoms with Crippen LogP contribution in [0.5, 0.6) is 0 Å². The van der Waals surface area contributed by atoms with Gasteiger partial charge in [0.15, 0.2) is 0 Å². The predicted octanol–water partition coefficient (Wildman–Crippen LogP) is 1.39. The number of rotatable bonds is 5. The first-order valence-electron chi connectivity index (χ1n) is 7.13. The molecule has 7 heteroatoms. The number of nitrogen functional groups attached to an aromatic ring is 1. The Morgan fingerprint density at radius 1 is 1.33 bits per heavy atom. The zero-order valence-electron chi connectivity index (χ0n) is 11.9. The second-order valence-corrected chi connectivity index (χ2v) is 5.15. The molecule has 1 heterocycles. The Hall–Kier alpha value is -2.15. The van der Waals surface area contributed by atoms with Crippen LogP contribution in [0.2, 0.25) is 0 Å². The van der Waals surface area contributed by atoms with Crippen LogP contribution >= 0.6 is 0 Å². The highest BCUT2D eigenvalue weighted by Crippen LogP contribution is 2.24. The van der Waals surface area contributed by atoms with Gasteiger partial charge in [0.1, 0.15) is 5.69 Å². The minimum absolute atomic E-state index is 0.0852. The Balaban J connectivity index is 1.91. The lowest BCUT2D eigenvalue weighted by molar-refractivity contribution is -0.383. The Morgan fingerprint density at radius 2 is 2.05 bits per heavy atom. The molecule has 1 aromatic rings. The average Bonchev–Trinajstić information content (AvgIpc) is 2.48. The minimum atomic E-state index is -0.583. The van der Waals surface area contributed by atoms with Crippen molar-refractivity contribution in [1.82, 2.24) is 10.2 Å². The zero-order chi connectivity index (χ0) is 15.2. The van der Waals surface area contributed by atoms with E-state index in [1.165, 1.54) is 37.5 Å². The molecule has 0 bridgehead atoms. The summed E-state index contributed by atoms with van der Waals surface area (Å²) in [6.45, 7) is 3.44. The summed E-state index contributed by atoms with van der Waals surface area (Å²) in [7, 11) is 0. The number of carbonyl (C=O) groups excluding carboxylic acids is 1. The lowest BCUT2D eigenvalue weighted by atomic mass is 10.1. The molecule has 21 heavy (non-hydrogen) atoms. The third-order valence-electron chi connectivity index (χ3n) is 3.69. The number of nitrogens with zero attached hydrogens (tertiary/aromatic N) is 2. The van der Waals surface area contributed by atoms with E-state index < -0.39 is 4.92 Å². The summed E-state index contributed by atoms with van der Waals surface area (Å²) in [5.41, 5.74) is 5.52. The van der Waals surface area contributed by atoms with Crippen molar-refractivity contribution in [2.75, 3.05) is 31.9 Å². The van der Waals surface area contributed by atoms with Crippen LogP contribution in [-0.4, -0.2) is 41.9 Å². The fourth-order valence-corrected chi connectivity index (χ4v) is 2.52. The second kappa shape index (κ2) is 7.03. The highest BCUT2D eigenvalue weighted by Gasteiger charge is 2.19. The van der Waals surface area contributed by atoms with Crippen LogP contribution in [0.4, 0.5) is 11.4 Å². The molecular formula is C14H20N4O3. The number of nitro groups is 1. The standard InChI is InChI=1S/C14H20N4O3/c15-13-11(5-4-6-12(13)18(20)21)14(19)16-7-10-17-8-2-1-3-9-17/h4-6H,1-3,7-10,15H2,(H,16,19). The molecule has 1 aromatic carbocycles. The topological polar surface area (TPSA) is 102 Å². The molecule has 1 saturated heterocycles. The predicted molar refractivity (Wildman–Crippen MR) is 80.1 cm³/mol. The molecule has 0 aromatic heterocycles. The summed E-state index contributed by atoms with van der Waals surface area (Å²) in [5.74, 6) is -0.367. The number of nitrogens with two attached hydrogens (primary N) is 1. The van der Waals surface area contributed by atoms with E-state index in [0.29, 0.717) is 6.54 Å². The van der Waals surface area contributed by atoms with Crippen molar-refractivity contribution in [2.24, 2.45) is 0 Å². The van der Waals surface area contributed by atoms with Gasteiger partial charge < -0.3 is 16.0 Å². The van der Waals surface area contributed by atoms with Gasteiger partial charge in [-0.1, -0.05) is 12.5 Å². The lowest BCUT2D eigenvalue weighted by Crippen LogP contribution is -2.37. The summed E-state index contributed by atoms with van der Waals surface area (Å²) >= 11 is 0. The van der Waals surface area contributed by atoms with E-state index in [9.17, 15) is 14.9 Å². The first-order valence-corrected chi connectivity index (χ1v) is 7.13. The molecule has 3 N–H and O–H groups in total. The number of likely N-dealkylation sites (tertiary alicyclic amines) is 1. The van der Waals surface area contributed by atoms with Gasteiger partial charge in [0.25, 0.3) is 11.6 Å². The number of hydrogen-bond acceptors (Lipinski definition) is 5. The van der Waals surface area contributed by atoms with Crippen molar-refractivity contribution >= 4 is 17.3 Å². The summed E-state index contributed by atoms with van der Waals surface area (Å²) in [6, 6.07) is 4.26. The lowest BCUT2D eigenvalue weighted by Gasteiger charge is -2.26. The van der Waals surface area contributed by atoms with Crippen molar-refractivity contribution in [3.63, 3.8) is 0 Å². The first-order chi connectivity index (χ1) is 10.1. The third-order valence-corrected chi connectivity index (χ3v) is 3.69. The molecule has 0 radical (unpaired) electrons. The van der Waals surface area contributed by atoms with Crippen LogP contribution in [0.1, 0.15) is 29.6 Å². The molecular weight excluding hydrogens is 272 g/mol. The average molecular weight is 292 g/mol. The van der Waals surface area contributed by atoms with Gasteiger partial charge in [0, 0.05) is 19.2 Å². The molecule has 7 nitrogen and oxygen atoms in total. The summed E-state index contributed by atoms with van der Waals surface area (Å²) in [6.07, 6.45) is 3.67. The number of benzene rings is 1.